The van der Waals surface area contributed by atoms with E-state index in [2.05, 4.69) is 4.98 Å². The van der Waals surface area contributed by atoms with E-state index in [0.717, 1.165) is 0 Å². The summed E-state index contributed by atoms with van der Waals surface area (Å²) in [5.74, 6) is 0. The first-order valence-electron chi connectivity index (χ1n) is 3.97. The third-order valence-corrected chi connectivity index (χ3v) is 1.98. The molecule has 0 aromatic carbocycles. The summed E-state index contributed by atoms with van der Waals surface area (Å²) in [7, 11) is 0. The molecule has 0 aliphatic rings. The lowest BCUT2D eigenvalue weighted by Gasteiger charge is -2.11. The van der Waals surface area contributed by atoms with Crippen LogP contribution in [0.5, 0.6) is 0 Å². The molecule has 0 aliphatic heterocycles. The van der Waals surface area contributed by atoms with Crippen LogP contribution in [0.2, 0.25) is 5.02 Å². The predicted molar refractivity (Wildman–Crippen MR) is 52.5 cm³/mol. The van der Waals surface area contributed by atoms with Gasteiger partial charge in [0.2, 0.25) is 0 Å². The van der Waals surface area contributed by atoms with E-state index in [9.17, 15) is 9.50 Å². The molecule has 1 atom stereocenters. The number of pyridine rings is 1. The lowest BCUT2D eigenvalue weighted by molar-refractivity contribution is 0.207. The van der Waals surface area contributed by atoms with Gasteiger partial charge in [0, 0.05) is 18.3 Å². The normalized spacial score (nSPS) is 14.1. The summed E-state index contributed by atoms with van der Waals surface area (Å²) in [6.07, 6.45) is 0.565. The van der Waals surface area contributed by atoms with Crippen molar-refractivity contribution in [2.24, 2.45) is 5.73 Å². The molecule has 14 heavy (non-hydrogen) atoms. The Bertz CT molecular complexity index is 326. The summed E-state index contributed by atoms with van der Waals surface area (Å²) < 4.78 is 12.2. The van der Waals surface area contributed by atoms with Gasteiger partial charge in [-0.3, -0.25) is 4.98 Å². The van der Waals surface area contributed by atoms with Crippen LogP contribution in [0.3, 0.4) is 0 Å². The Labute approximate surface area is 86.0 Å². The van der Waals surface area contributed by atoms with Gasteiger partial charge in [0.05, 0.1) is 17.0 Å². The van der Waals surface area contributed by atoms with Gasteiger partial charge in [-0.2, -0.15) is 0 Å². The van der Waals surface area contributed by atoms with E-state index in [-0.39, 0.29) is 12.1 Å². The molecule has 1 unspecified atom stereocenters. The van der Waals surface area contributed by atoms with E-state index in [0.29, 0.717) is 17.0 Å². The first kappa shape index (κ1) is 11.1. The first-order chi connectivity index (χ1) is 6.69. The molecule has 0 bridgehead atoms. The number of rotatable bonds is 3. The third-order valence-electron chi connectivity index (χ3n) is 1.76. The van der Waals surface area contributed by atoms with Gasteiger partial charge < -0.3 is 10.8 Å². The SMILES string of the molecule is NC/C(=C\F)C(O)c1ccc(Cl)cn1. The predicted octanol–water partition coefficient (Wildman–Crippen LogP) is 1.58. The number of hydrogen-bond donors (Lipinski definition) is 2. The smallest absolute Gasteiger partial charge is 0.121 e. The molecule has 3 nitrogen and oxygen atoms in total. The maximum absolute atomic E-state index is 12.2. The van der Waals surface area contributed by atoms with Gasteiger partial charge >= 0.3 is 0 Å². The lowest BCUT2D eigenvalue weighted by Crippen LogP contribution is -2.12. The van der Waals surface area contributed by atoms with E-state index in [1.165, 1.54) is 12.3 Å². The number of nitrogens with zero attached hydrogens (tertiary/aromatic N) is 1. The molecule has 0 fully saturated rings. The monoisotopic (exact) mass is 216 g/mol. The van der Waals surface area contributed by atoms with Gasteiger partial charge in [-0.25, -0.2) is 4.39 Å². The van der Waals surface area contributed by atoms with Crippen molar-refractivity contribution < 1.29 is 9.50 Å². The van der Waals surface area contributed by atoms with E-state index in [1.54, 1.807) is 6.07 Å². The average molecular weight is 217 g/mol. The van der Waals surface area contributed by atoms with Crippen molar-refractivity contribution in [1.29, 1.82) is 0 Å². The molecule has 1 aromatic rings. The highest BCUT2D eigenvalue weighted by molar-refractivity contribution is 6.30. The highest BCUT2D eigenvalue weighted by Crippen LogP contribution is 2.19. The minimum atomic E-state index is -1.11. The highest BCUT2D eigenvalue weighted by Gasteiger charge is 2.13. The van der Waals surface area contributed by atoms with Crippen molar-refractivity contribution >= 4 is 11.6 Å². The molecule has 1 heterocycles. The maximum Gasteiger partial charge on any atom is 0.121 e. The van der Waals surface area contributed by atoms with Gasteiger partial charge in [-0.05, 0) is 12.1 Å². The molecule has 76 valence electrons. The highest BCUT2D eigenvalue weighted by atomic mass is 35.5. The second-order valence-corrected chi connectivity index (χ2v) is 3.13. The number of hydrogen-bond acceptors (Lipinski definition) is 3. The molecular formula is C9H10ClFN2O. The fraction of sp³-hybridized carbons (Fsp3) is 0.222. The molecule has 0 saturated carbocycles. The Hall–Kier alpha value is -0.970. The van der Waals surface area contributed by atoms with Crippen molar-refractivity contribution in [3.63, 3.8) is 0 Å². The maximum atomic E-state index is 12.2. The van der Waals surface area contributed by atoms with Gasteiger partial charge in [0.25, 0.3) is 0 Å². The summed E-state index contributed by atoms with van der Waals surface area (Å²) in [6.45, 7) is -0.0536. The van der Waals surface area contributed by atoms with Crippen LogP contribution in [-0.2, 0) is 0 Å². The first-order valence-corrected chi connectivity index (χ1v) is 4.35. The van der Waals surface area contributed by atoms with Crippen LogP contribution >= 0.6 is 11.6 Å². The molecule has 0 spiro atoms. The van der Waals surface area contributed by atoms with Crippen molar-refractivity contribution in [2.45, 2.75) is 6.10 Å². The van der Waals surface area contributed by atoms with Crippen molar-refractivity contribution in [1.82, 2.24) is 4.98 Å². The third kappa shape index (κ3) is 2.51. The summed E-state index contributed by atoms with van der Waals surface area (Å²) in [4.78, 5) is 3.85. The fourth-order valence-corrected chi connectivity index (χ4v) is 1.07. The van der Waals surface area contributed by atoms with Crippen LogP contribution < -0.4 is 5.73 Å². The van der Waals surface area contributed by atoms with Crippen LogP contribution in [-0.4, -0.2) is 16.6 Å². The Kier molecular flexibility index (Phi) is 4.00. The molecule has 0 amide bonds. The number of aliphatic hydroxyl groups is 1. The van der Waals surface area contributed by atoms with Gasteiger partial charge in [0.15, 0.2) is 0 Å². The Morgan fingerprint density at radius 3 is 2.86 bits per heavy atom. The standard InChI is InChI=1S/C9H10ClFN2O/c10-7-1-2-8(13-5-7)9(14)6(3-11)4-12/h1-3,5,9,14H,4,12H2/b6-3+. The second kappa shape index (κ2) is 5.05. The van der Waals surface area contributed by atoms with Crippen molar-refractivity contribution in [3.05, 3.63) is 40.9 Å². The number of nitrogens with two attached hydrogens (primary N) is 1. The molecule has 0 radical (unpaired) electrons. The number of halogens is 2. The van der Waals surface area contributed by atoms with E-state index >= 15 is 0 Å². The van der Waals surface area contributed by atoms with Crippen LogP contribution in [0.15, 0.2) is 30.2 Å². The molecule has 1 aromatic heterocycles. The average Bonchev–Trinajstić information content (AvgIpc) is 2.20. The van der Waals surface area contributed by atoms with E-state index in [1.807, 2.05) is 0 Å². The van der Waals surface area contributed by atoms with Crippen LogP contribution in [0, 0.1) is 0 Å². The van der Waals surface area contributed by atoms with Crippen LogP contribution in [0.25, 0.3) is 0 Å². The summed E-state index contributed by atoms with van der Waals surface area (Å²) in [5, 5.41) is 10.0. The van der Waals surface area contributed by atoms with Crippen molar-refractivity contribution in [3.8, 4) is 0 Å². The van der Waals surface area contributed by atoms with Gasteiger partial charge in [-0.15, -0.1) is 0 Å². The minimum absolute atomic E-state index is 0.0536. The Balaban J connectivity index is 2.89. The van der Waals surface area contributed by atoms with Crippen molar-refractivity contribution in [2.75, 3.05) is 6.54 Å². The molecule has 1 rings (SSSR count). The molecule has 0 saturated heterocycles. The summed E-state index contributed by atoms with van der Waals surface area (Å²) >= 11 is 5.61. The second-order valence-electron chi connectivity index (χ2n) is 2.69. The van der Waals surface area contributed by atoms with E-state index < -0.39 is 6.10 Å². The topological polar surface area (TPSA) is 59.1 Å². The minimum Gasteiger partial charge on any atom is -0.382 e. The number of aliphatic hydroxyl groups excluding tert-OH is 1. The zero-order valence-corrected chi connectivity index (χ0v) is 8.08. The lowest BCUT2D eigenvalue weighted by atomic mass is 10.1. The quantitative estimate of drug-likeness (QED) is 0.807. The molecule has 5 heteroatoms. The van der Waals surface area contributed by atoms with Crippen LogP contribution in [0.4, 0.5) is 4.39 Å². The zero-order valence-electron chi connectivity index (χ0n) is 7.32. The molecule has 3 N–H and O–H groups in total. The Morgan fingerprint density at radius 1 is 1.71 bits per heavy atom. The zero-order chi connectivity index (χ0) is 10.6. The van der Waals surface area contributed by atoms with Crippen LogP contribution in [0.1, 0.15) is 11.8 Å². The molecule has 0 aliphatic carbocycles. The van der Waals surface area contributed by atoms with E-state index in [4.69, 9.17) is 17.3 Å². The van der Waals surface area contributed by atoms with Gasteiger partial charge in [0.1, 0.15) is 6.10 Å². The summed E-state index contributed by atoms with van der Waals surface area (Å²) in [6, 6.07) is 3.09. The Morgan fingerprint density at radius 2 is 2.43 bits per heavy atom. The molecular weight excluding hydrogens is 207 g/mol. The fourth-order valence-electron chi connectivity index (χ4n) is 0.955. The largest absolute Gasteiger partial charge is 0.382 e. The van der Waals surface area contributed by atoms with Gasteiger partial charge in [-0.1, -0.05) is 11.6 Å². The summed E-state index contributed by atoms with van der Waals surface area (Å²) in [5.41, 5.74) is 5.64. The number of aromatic nitrogens is 1.